The molecule has 1 unspecified atom stereocenters. The third-order valence-corrected chi connectivity index (χ3v) is 5.47. The van der Waals surface area contributed by atoms with Gasteiger partial charge in [0, 0.05) is 24.8 Å². The van der Waals surface area contributed by atoms with Crippen LogP contribution in [-0.4, -0.2) is 75.2 Å². The maximum absolute atomic E-state index is 4.80. The monoisotopic (exact) mass is 454 g/mol. The Labute approximate surface area is 180 Å². The van der Waals surface area contributed by atoms with Gasteiger partial charge in [-0.15, -0.1) is 13.1 Å². The molecule has 2 fully saturated rings. The van der Waals surface area contributed by atoms with Gasteiger partial charge in [0.05, 0.1) is 0 Å². The molecule has 4 nitrogen and oxygen atoms in total. The summed E-state index contributed by atoms with van der Waals surface area (Å²) in [6, 6.07) is 11.7. The molecule has 0 aromatic heterocycles. The number of anilines is 1. The van der Waals surface area contributed by atoms with Crippen molar-refractivity contribution in [3.05, 3.63) is 35.6 Å². The summed E-state index contributed by atoms with van der Waals surface area (Å²) in [6.45, 7) is 9.11. The predicted molar refractivity (Wildman–Crippen MR) is 115 cm³/mol. The second-order valence-electron chi connectivity index (χ2n) is 7.34. The van der Waals surface area contributed by atoms with Gasteiger partial charge in [0.2, 0.25) is 0 Å². The van der Waals surface area contributed by atoms with Gasteiger partial charge in [-0.3, -0.25) is 0 Å². The molecule has 2 aliphatic heterocycles. The Morgan fingerprint density at radius 3 is 2.52 bits per heavy atom. The van der Waals surface area contributed by atoms with Crippen LogP contribution in [0.4, 0.5) is 5.69 Å². The van der Waals surface area contributed by atoms with Gasteiger partial charge in [0.15, 0.2) is 0 Å². The predicted octanol–water partition coefficient (Wildman–Crippen LogP) is 4.43. The molecule has 1 aromatic carbocycles. The first-order chi connectivity index (χ1) is 13.2. The van der Waals surface area contributed by atoms with E-state index in [1.165, 1.54) is 57.5 Å². The Morgan fingerprint density at radius 2 is 1.74 bits per heavy atom. The fraction of sp³-hybridized carbons (Fsp3) is 0.700. The van der Waals surface area contributed by atoms with Crippen molar-refractivity contribution in [3.63, 3.8) is 0 Å². The first kappa shape index (κ1) is 23.3. The second kappa shape index (κ2) is 14.1. The van der Waals surface area contributed by atoms with Crippen LogP contribution in [0.1, 0.15) is 25.7 Å². The molecule has 155 valence electrons. The summed E-state index contributed by atoms with van der Waals surface area (Å²) in [5, 5.41) is 4.68. The van der Waals surface area contributed by atoms with E-state index >= 15 is 0 Å². The number of rotatable bonds is 4. The van der Waals surface area contributed by atoms with Gasteiger partial charge in [-0.1, -0.05) is 18.2 Å². The molecule has 2 saturated heterocycles. The van der Waals surface area contributed by atoms with Crippen molar-refractivity contribution < 1.29 is 13.1 Å². The summed E-state index contributed by atoms with van der Waals surface area (Å²) < 4.78 is 0. The molecule has 7 heteroatoms. The Morgan fingerprint density at radius 1 is 1.00 bits per heavy atom. The van der Waals surface area contributed by atoms with Crippen LogP contribution in [0.3, 0.4) is 0 Å². The van der Waals surface area contributed by atoms with Crippen molar-refractivity contribution in [3.8, 4) is 0 Å². The van der Waals surface area contributed by atoms with Crippen LogP contribution in [0.25, 0.3) is 5.32 Å². The third kappa shape index (κ3) is 8.91. The normalized spacial score (nSPS) is 22.9. The van der Waals surface area contributed by atoms with E-state index in [4.69, 9.17) is 20.2 Å². The molecular weight excluding hydrogens is 422 g/mol. The zero-order chi connectivity index (χ0) is 19.3. The molecule has 3 rings (SSSR count). The minimum absolute atomic E-state index is 0.00694. The average molecular weight is 455 g/mol. The summed E-state index contributed by atoms with van der Waals surface area (Å²) in [7, 11) is 11.8. The number of halogens is 2. The van der Waals surface area contributed by atoms with E-state index in [0.29, 0.717) is 6.04 Å². The van der Waals surface area contributed by atoms with Crippen LogP contribution in [0.15, 0.2) is 30.3 Å². The van der Waals surface area contributed by atoms with Crippen LogP contribution < -0.4 is 4.90 Å². The van der Waals surface area contributed by atoms with Gasteiger partial charge in [0.25, 0.3) is 0 Å². The van der Waals surface area contributed by atoms with E-state index in [-0.39, 0.29) is 13.1 Å². The summed E-state index contributed by atoms with van der Waals surface area (Å²) in [6.07, 6.45) is 5.24. The number of likely N-dealkylation sites (N-methyl/N-ethyl adjacent to an activating group) is 1. The average Bonchev–Trinajstić information content (AvgIpc) is 3.15. The zero-order valence-electron chi connectivity index (χ0n) is 16.4. The number of para-hydroxylation sites is 1. The van der Waals surface area contributed by atoms with Gasteiger partial charge < -0.3 is 20.0 Å². The first-order valence-corrected chi connectivity index (χ1v) is 13.2. The molecule has 2 heterocycles. The summed E-state index contributed by atoms with van der Waals surface area (Å²) in [5.41, 5.74) is 1.40. The molecule has 1 aromatic rings. The molecule has 0 radical (unpaired) electrons. The van der Waals surface area contributed by atoms with Crippen LogP contribution >= 0.6 is 20.2 Å². The van der Waals surface area contributed by atoms with Crippen LogP contribution in [0.2, 0.25) is 0 Å². The zero-order valence-corrected chi connectivity index (χ0v) is 19.1. The van der Waals surface area contributed by atoms with Crippen LogP contribution in [-0.2, 0) is 13.1 Å². The molecule has 0 amide bonds. The Bertz CT molecular complexity index is 494. The molecule has 0 N–H and O–H groups in total. The third-order valence-electron chi connectivity index (χ3n) is 5.47. The van der Waals surface area contributed by atoms with Crippen molar-refractivity contribution in [2.45, 2.75) is 31.7 Å². The molecule has 0 bridgehead atoms. The number of hydrogen-bond acceptors (Lipinski definition) is 3. The molecule has 0 aliphatic carbocycles. The fourth-order valence-corrected chi connectivity index (χ4v) is 4.00. The van der Waals surface area contributed by atoms with Crippen molar-refractivity contribution in [1.29, 1.82) is 0 Å². The standard InChI is InChI=1S/C20H33N4.2ClH.Mn/c1-22-13-6-14-23(18-12-21-11-17-22)16-10-20-9-5-15-24(20)19-7-3-2-4-8-19;;;/h2-4,7-8,20H,5-6,9-18H2,1H3;2*1H;/q-1;;;+2/p-2. The molecule has 27 heavy (non-hydrogen) atoms. The Hall–Kier alpha value is -0.000519. The van der Waals surface area contributed by atoms with E-state index in [1.54, 1.807) is 0 Å². The van der Waals surface area contributed by atoms with Crippen molar-refractivity contribution in [1.82, 2.24) is 9.80 Å². The molecule has 2 aliphatic rings. The summed E-state index contributed by atoms with van der Waals surface area (Å²) in [4.78, 5) is 7.69. The molecule has 0 spiro atoms. The first-order valence-electron chi connectivity index (χ1n) is 9.97. The maximum atomic E-state index is 4.80. The molecule has 0 saturated carbocycles. The number of nitrogens with zero attached hydrogens (tertiary/aromatic N) is 4. The van der Waals surface area contributed by atoms with Crippen LogP contribution in [0.5, 0.6) is 0 Å². The number of benzene rings is 1. The van der Waals surface area contributed by atoms with Gasteiger partial charge in [-0.25, -0.2) is 0 Å². The van der Waals surface area contributed by atoms with E-state index in [2.05, 4.69) is 57.4 Å². The Kier molecular flexibility index (Phi) is 12.1. The minimum atomic E-state index is 0.00694. The van der Waals surface area contributed by atoms with Gasteiger partial charge in [-0.05, 0) is 71.0 Å². The quantitative estimate of drug-likeness (QED) is 0.628. The second-order valence-corrected chi connectivity index (χ2v) is 9.29. The topological polar surface area (TPSA) is 23.8 Å². The van der Waals surface area contributed by atoms with Gasteiger partial charge >= 0.3 is 33.3 Å². The molecule has 1 atom stereocenters. The van der Waals surface area contributed by atoms with E-state index in [0.717, 1.165) is 26.2 Å². The fourth-order valence-electron chi connectivity index (χ4n) is 4.00. The van der Waals surface area contributed by atoms with E-state index in [1.807, 2.05) is 0 Å². The van der Waals surface area contributed by atoms with Gasteiger partial charge in [-0.2, -0.15) is 0 Å². The molecular formula is C20H33Cl2MnN4-. The SMILES string of the molecule is CN1CCCN(CCC2CCCN2c2ccccc2)CC[N-]CC1.[Cl][Mn][Cl]. The van der Waals surface area contributed by atoms with Crippen LogP contribution in [0, 0.1) is 0 Å². The van der Waals surface area contributed by atoms with Crippen molar-refractivity contribution in [2.24, 2.45) is 0 Å². The summed E-state index contributed by atoms with van der Waals surface area (Å²) in [5.74, 6) is 0. The van der Waals surface area contributed by atoms with Crippen molar-refractivity contribution in [2.75, 3.05) is 64.3 Å². The Balaban J connectivity index is 0.000000817. The van der Waals surface area contributed by atoms with E-state index < -0.39 is 0 Å². The van der Waals surface area contributed by atoms with E-state index in [9.17, 15) is 0 Å². The number of hydrogen-bond donors (Lipinski definition) is 0. The van der Waals surface area contributed by atoms with Gasteiger partial charge in [0.1, 0.15) is 0 Å². The summed E-state index contributed by atoms with van der Waals surface area (Å²) >= 11 is 0.00694. The van der Waals surface area contributed by atoms with Crippen molar-refractivity contribution >= 4 is 25.9 Å².